The second-order valence-electron chi connectivity index (χ2n) is 5.38. The largest absolute Gasteiger partial charge is 0.461 e. The zero-order chi connectivity index (χ0) is 17.2. The van der Waals surface area contributed by atoms with E-state index in [1.165, 1.54) is 0 Å². The van der Waals surface area contributed by atoms with Gasteiger partial charge in [0.25, 0.3) is 0 Å². The van der Waals surface area contributed by atoms with Crippen molar-refractivity contribution < 1.29 is 19.1 Å². The molecule has 5 nitrogen and oxygen atoms in total. The molecule has 0 bridgehead atoms. The summed E-state index contributed by atoms with van der Waals surface area (Å²) in [5.41, 5.74) is 7.56. The van der Waals surface area contributed by atoms with Crippen molar-refractivity contribution in [3.05, 3.63) is 71.8 Å². The molecule has 5 heteroatoms. The molecule has 0 aliphatic heterocycles. The highest BCUT2D eigenvalue weighted by atomic mass is 16.5. The quantitative estimate of drug-likeness (QED) is 0.754. The van der Waals surface area contributed by atoms with Crippen molar-refractivity contribution in [1.29, 1.82) is 0 Å². The van der Waals surface area contributed by atoms with Crippen LogP contribution in [0.2, 0.25) is 0 Å². The van der Waals surface area contributed by atoms with Crippen molar-refractivity contribution in [2.75, 3.05) is 0 Å². The Morgan fingerprint density at radius 1 is 0.833 bits per heavy atom. The number of ether oxygens (including phenoxy) is 2. The molecule has 2 aromatic rings. The first-order chi connectivity index (χ1) is 11.6. The lowest BCUT2D eigenvalue weighted by Crippen LogP contribution is -2.32. The molecular formula is C19H21NO4. The van der Waals surface area contributed by atoms with Gasteiger partial charge >= 0.3 is 11.9 Å². The first-order valence-corrected chi connectivity index (χ1v) is 7.81. The molecule has 0 heterocycles. The van der Waals surface area contributed by atoms with E-state index in [4.69, 9.17) is 15.2 Å². The highest BCUT2D eigenvalue weighted by molar-refractivity contribution is 5.77. The molecule has 1 unspecified atom stereocenters. The third-order valence-corrected chi connectivity index (χ3v) is 3.43. The molecule has 2 N–H and O–H groups in total. The number of nitrogens with two attached hydrogens (primary N) is 1. The summed E-state index contributed by atoms with van der Waals surface area (Å²) in [6, 6.07) is 17.9. The van der Waals surface area contributed by atoms with Gasteiger partial charge in [0, 0.05) is 6.42 Å². The standard InChI is InChI=1S/C19H21NO4/c20-17(19(22)24-14-16-9-5-2-6-10-16)11-12-18(21)23-13-15-7-3-1-4-8-15/h1-10,17H,11-14,20H2. The summed E-state index contributed by atoms with van der Waals surface area (Å²) in [5.74, 6) is -0.903. The lowest BCUT2D eigenvalue weighted by Gasteiger charge is -2.11. The number of esters is 2. The molecule has 24 heavy (non-hydrogen) atoms. The summed E-state index contributed by atoms with van der Waals surface area (Å²) in [6.45, 7) is 0.388. The summed E-state index contributed by atoms with van der Waals surface area (Å²) in [7, 11) is 0. The molecule has 2 rings (SSSR count). The lowest BCUT2D eigenvalue weighted by atomic mass is 10.1. The SMILES string of the molecule is NC(CCC(=O)OCc1ccccc1)C(=O)OCc1ccccc1. The smallest absolute Gasteiger partial charge is 0.323 e. The monoisotopic (exact) mass is 327 g/mol. The molecule has 126 valence electrons. The van der Waals surface area contributed by atoms with Crippen molar-refractivity contribution in [3.63, 3.8) is 0 Å². The summed E-state index contributed by atoms with van der Waals surface area (Å²) in [5, 5.41) is 0. The number of carbonyl (C=O) groups excluding carboxylic acids is 2. The van der Waals surface area contributed by atoms with Crippen LogP contribution in [0.15, 0.2) is 60.7 Å². The fourth-order valence-electron chi connectivity index (χ4n) is 2.04. The topological polar surface area (TPSA) is 78.6 Å². The van der Waals surface area contributed by atoms with E-state index in [1.54, 1.807) is 0 Å². The van der Waals surface area contributed by atoms with E-state index < -0.39 is 12.0 Å². The lowest BCUT2D eigenvalue weighted by molar-refractivity contribution is -0.148. The third kappa shape index (κ3) is 6.22. The van der Waals surface area contributed by atoms with Crippen LogP contribution in [0.3, 0.4) is 0 Å². The number of hydrogen-bond donors (Lipinski definition) is 1. The van der Waals surface area contributed by atoms with Gasteiger partial charge in [-0.2, -0.15) is 0 Å². The number of carbonyl (C=O) groups is 2. The molecule has 2 aromatic carbocycles. The van der Waals surface area contributed by atoms with Gasteiger partial charge < -0.3 is 15.2 Å². The van der Waals surface area contributed by atoms with E-state index in [2.05, 4.69) is 0 Å². The van der Waals surface area contributed by atoms with Crippen LogP contribution in [0.25, 0.3) is 0 Å². The predicted molar refractivity (Wildman–Crippen MR) is 89.7 cm³/mol. The maximum atomic E-state index is 11.8. The first-order valence-electron chi connectivity index (χ1n) is 7.81. The molecule has 0 aliphatic carbocycles. The Bertz CT molecular complexity index is 643. The van der Waals surface area contributed by atoms with Crippen LogP contribution in [0.4, 0.5) is 0 Å². The average Bonchev–Trinajstić information content (AvgIpc) is 2.64. The van der Waals surface area contributed by atoms with Gasteiger partial charge in [0.2, 0.25) is 0 Å². The van der Waals surface area contributed by atoms with Gasteiger partial charge in [0.05, 0.1) is 0 Å². The van der Waals surface area contributed by atoms with Gasteiger partial charge in [-0.05, 0) is 17.5 Å². The van der Waals surface area contributed by atoms with Crippen molar-refractivity contribution in [2.45, 2.75) is 32.1 Å². The summed E-state index contributed by atoms with van der Waals surface area (Å²) < 4.78 is 10.3. The van der Waals surface area contributed by atoms with Gasteiger partial charge in [-0.1, -0.05) is 60.7 Å². The molecule has 0 amide bonds. The average molecular weight is 327 g/mol. The summed E-state index contributed by atoms with van der Waals surface area (Å²) in [4.78, 5) is 23.5. The Hall–Kier alpha value is -2.66. The van der Waals surface area contributed by atoms with Crippen molar-refractivity contribution in [3.8, 4) is 0 Å². The van der Waals surface area contributed by atoms with Crippen LogP contribution in [0, 0.1) is 0 Å². The van der Waals surface area contributed by atoms with Crippen molar-refractivity contribution >= 4 is 11.9 Å². The van der Waals surface area contributed by atoms with Crippen LogP contribution in [-0.2, 0) is 32.3 Å². The number of hydrogen-bond acceptors (Lipinski definition) is 5. The van der Waals surface area contributed by atoms with E-state index >= 15 is 0 Å². The molecular weight excluding hydrogens is 306 g/mol. The van der Waals surface area contributed by atoms with Gasteiger partial charge in [0.1, 0.15) is 19.3 Å². The maximum Gasteiger partial charge on any atom is 0.323 e. The van der Waals surface area contributed by atoms with Gasteiger partial charge in [-0.3, -0.25) is 9.59 Å². The van der Waals surface area contributed by atoms with Crippen LogP contribution in [0.5, 0.6) is 0 Å². The van der Waals surface area contributed by atoms with E-state index in [1.807, 2.05) is 60.7 Å². The Morgan fingerprint density at radius 3 is 1.88 bits per heavy atom. The van der Waals surface area contributed by atoms with Crippen LogP contribution >= 0.6 is 0 Å². The highest BCUT2D eigenvalue weighted by Crippen LogP contribution is 2.06. The molecule has 0 saturated carbocycles. The van der Waals surface area contributed by atoms with Crippen LogP contribution < -0.4 is 5.73 Å². The zero-order valence-corrected chi connectivity index (χ0v) is 13.4. The molecule has 1 atom stereocenters. The minimum Gasteiger partial charge on any atom is -0.461 e. The van der Waals surface area contributed by atoms with Gasteiger partial charge in [-0.15, -0.1) is 0 Å². The highest BCUT2D eigenvalue weighted by Gasteiger charge is 2.17. The fourth-order valence-corrected chi connectivity index (χ4v) is 2.04. The molecule has 0 aromatic heterocycles. The Labute approximate surface area is 141 Å². The second kappa shape index (κ2) is 9.47. The van der Waals surface area contributed by atoms with Crippen LogP contribution in [0.1, 0.15) is 24.0 Å². The summed E-state index contributed by atoms with van der Waals surface area (Å²) in [6.07, 6.45) is 0.273. The number of rotatable bonds is 8. The molecule has 0 aliphatic rings. The number of benzene rings is 2. The molecule has 0 spiro atoms. The van der Waals surface area contributed by atoms with Crippen molar-refractivity contribution in [1.82, 2.24) is 0 Å². The Kier molecular flexibility index (Phi) is 6.98. The van der Waals surface area contributed by atoms with Gasteiger partial charge in [0.15, 0.2) is 0 Å². The fraction of sp³-hybridized carbons (Fsp3) is 0.263. The summed E-state index contributed by atoms with van der Waals surface area (Å²) >= 11 is 0. The Morgan fingerprint density at radius 2 is 1.33 bits per heavy atom. The maximum absolute atomic E-state index is 11.8. The third-order valence-electron chi connectivity index (χ3n) is 3.43. The van der Waals surface area contributed by atoms with E-state index in [0.717, 1.165) is 11.1 Å². The van der Waals surface area contributed by atoms with Gasteiger partial charge in [-0.25, -0.2) is 0 Å². The first kappa shape index (κ1) is 17.7. The minimum absolute atomic E-state index is 0.0778. The minimum atomic E-state index is -0.835. The zero-order valence-electron chi connectivity index (χ0n) is 13.4. The second-order valence-corrected chi connectivity index (χ2v) is 5.38. The normalized spacial score (nSPS) is 11.5. The van der Waals surface area contributed by atoms with Crippen LogP contribution in [-0.4, -0.2) is 18.0 Å². The van der Waals surface area contributed by atoms with E-state index in [-0.39, 0.29) is 32.0 Å². The predicted octanol–water partition coefficient (Wildman–Crippen LogP) is 2.58. The Balaban J connectivity index is 1.65. The van der Waals surface area contributed by atoms with E-state index in [0.29, 0.717) is 0 Å². The van der Waals surface area contributed by atoms with E-state index in [9.17, 15) is 9.59 Å². The molecule has 0 saturated heterocycles. The molecule has 0 fully saturated rings. The molecule has 0 radical (unpaired) electrons. The van der Waals surface area contributed by atoms with Crippen molar-refractivity contribution in [2.24, 2.45) is 5.73 Å².